The van der Waals surface area contributed by atoms with Gasteiger partial charge >= 0.3 is 0 Å². The van der Waals surface area contributed by atoms with Crippen molar-refractivity contribution in [3.63, 3.8) is 0 Å². The van der Waals surface area contributed by atoms with E-state index in [0.717, 1.165) is 5.92 Å². The Morgan fingerprint density at radius 1 is 1.25 bits per heavy atom. The Morgan fingerprint density at radius 3 is 2.38 bits per heavy atom. The van der Waals surface area contributed by atoms with E-state index in [9.17, 15) is 0 Å². The van der Waals surface area contributed by atoms with Gasteiger partial charge in [-0.15, -0.1) is 0 Å². The van der Waals surface area contributed by atoms with Crippen LogP contribution in [0, 0.1) is 12.8 Å². The molecule has 0 saturated carbocycles. The summed E-state index contributed by atoms with van der Waals surface area (Å²) >= 11 is 0. The first kappa shape index (κ1) is 11.7. The van der Waals surface area contributed by atoms with Crippen LogP contribution in [-0.4, -0.2) is 24.0 Å². The molecule has 1 aliphatic heterocycles. The van der Waals surface area contributed by atoms with E-state index >= 15 is 0 Å². The van der Waals surface area contributed by atoms with Crippen molar-refractivity contribution < 1.29 is 0 Å². The fourth-order valence-corrected chi connectivity index (χ4v) is 3.33. The Bertz CT molecular complexity index is 381. The molecule has 0 bridgehead atoms. The lowest BCUT2D eigenvalue weighted by Gasteiger charge is -2.35. The van der Waals surface area contributed by atoms with Crippen LogP contribution in [0.3, 0.4) is 0 Å². The summed E-state index contributed by atoms with van der Waals surface area (Å²) < 4.78 is 0. The highest BCUT2D eigenvalue weighted by molar-refractivity contribution is 5.33. The first-order valence-corrected chi connectivity index (χ1v) is 6.21. The molecule has 1 heteroatoms. The topological polar surface area (TPSA) is 3.24 Å². The fraction of sp³-hybridized carbons (Fsp3) is 0.600. The first-order valence-electron chi connectivity index (χ1n) is 6.21. The molecule has 1 fully saturated rings. The molecule has 16 heavy (non-hydrogen) atoms. The van der Waals surface area contributed by atoms with Crippen LogP contribution in [0.25, 0.3) is 0 Å². The lowest BCUT2D eigenvalue weighted by atomic mass is 9.76. The van der Waals surface area contributed by atoms with Crippen LogP contribution < -0.4 is 0 Å². The molecule has 0 radical (unpaired) electrons. The molecule has 1 heterocycles. The molecule has 1 aromatic rings. The van der Waals surface area contributed by atoms with E-state index in [1.54, 1.807) is 0 Å². The van der Waals surface area contributed by atoms with Crippen LogP contribution in [0.4, 0.5) is 0 Å². The highest BCUT2D eigenvalue weighted by atomic mass is 15.2. The maximum Gasteiger partial charge on any atom is 0.0221 e. The maximum absolute atomic E-state index is 2.49. The average molecular weight is 217 g/mol. The standard InChI is InChI=1S/C15H23N/c1-11-8-6-7-9-13(11)14-12(2)10-16(5)15(14,3)4/h6-9,12,14H,10H2,1-5H3. The second-order valence-corrected chi connectivity index (χ2v) is 5.85. The fourth-order valence-electron chi connectivity index (χ4n) is 3.33. The van der Waals surface area contributed by atoms with E-state index in [0.29, 0.717) is 5.92 Å². The van der Waals surface area contributed by atoms with Crippen molar-refractivity contribution in [2.75, 3.05) is 13.6 Å². The molecular weight excluding hydrogens is 194 g/mol. The van der Waals surface area contributed by atoms with E-state index in [4.69, 9.17) is 0 Å². The van der Waals surface area contributed by atoms with Gasteiger partial charge in [0.15, 0.2) is 0 Å². The molecule has 0 spiro atoms. The minimum Gasteiger partial charge on any atom is -0.300 e. The summed E-state index contributed by atoms with van der Waals surface area (Å²) in [4.78, 5) is 2.49. The van der Waals surface area contributed by atoms with Gasteiger partial charge in [-0.05, 0) is 44.9 Å². The highest BCUT2D eigenvalue weighted by Crippen LogP contribution is 2.45. The van der Waals surface area contributed by atoms with Crippen LogP contribution in [0.1, 0.15) is 37.8 Å². The molecule has 0 amide bonds. The predicted octanol–water partition coefficient (Wildman–Crippen LogP) is 3.44. The van der Waals surface area contributed by atoms with Crippen molar-refractivity contribution in [1.82, 2.24) is 4.90 Å². The Kier molecular flexibility index (Phi) is 2.83. The summed E-state index contributed by atoms with van der Waals surface area (Å²) in [5.41, 5.74) is 3.23. The van der Waals surface area contributed by atoms with Gasteiger partial charge in [0.2, 0.25) is 0 Å². The number of hydrogen-bond donors (Lipinski definition) is 0. The molecule has 2 atom stereocenters. The largest absolute Gasteiger partial charge is 0.300 e. The number of nitrogens with zero attached hydrogens (tertiary/aromatic N) is 1. The van der Waals surface area contributed by atoms with E-state index in [1.165, 1.54) is 17.7 Å². The number of hydrogen-bond acceptors (Lipinski definition) is 1. The quantitative estimate of drug-likeness (QED) is 0.696. The maximum atomic E-state index is 2.49. The van der Waals surface area contributed by atoms with Crippen LogP contribution >= 0.6 is 0 Å². The average Bonchev–Trinajstić information content (AvgIpc) is 2.39. The van der Waals surface area contributed by atoms with E-state index in [2.05, 4.69) is 63.9 Å². The molecule has 1 aliphatic rings. The summed E-state index contributed by atoms with van der Waals surface area (Å²) in [7, 11) is 2.24. The van der Waals surface area contributed by atoms with Gasteiger partial charge in [0.25, 0.3) is 0 Å². The van der Waals surface area contributed by atoms with Crippen LogP contribution in [0.15, 0.2) is 24.3 Å². The van der Waals surface area contributed by atoms with E-state index in [-0.39, 0.29) is 5.54 Å². The van der Waals surface area contributed by atoms with E-state index in [1.807, 2.05) is 0 Å². The van der Waals surface area contributed by atoms with Crippen molar-refractivity contribution in [2.24, 2.45) is 5.92 Å². The third-order valence-corrected chi connectivity index (χ3v) is 4.40. The number of rotatable bonds is 1. The normalized spacial score (nSPS) is 29.6. The second kappa shape index (κ2) is 3.89. The zero-order valence-electron chi connectivity index (χ0n) is 11.1. The minimum absolute atomic E-state index is 0.269. The molecule has 0 N–H and O–H groups in total. The Labute approximate surface area is 99.5 Å². The molecule has 1 saturated heterocycles. The van der Waals surface area contributed by atoms with Gasteiger partial charge in [0, 0.05) is 18.0 Å². The molecule has 2 unspecified atom stereocenters. The van der Waals surface area contributed by atoms with Crippen molar-refractivity contribution in [3.8, 4) is 0 Å². The molecule has 1 nitrogen and oxygen atoms in total. The number of aryl methyl sites for hydroxylation is 1. The summed E-state index contributed by atoms with van der Waals surface area (Å²) in [5, 5.41) is 0. The third-order valence-electron chi connectivity index (χ3n) is 4.40. The zero-order valence-corrected chi connectivity index (χ0v) is 11.1. The number of likely N-dealkylation sites (tertiary alicyclic amines) is 1. The SMILES string of the molecule is Cc1ccccc1C1C(C)CN(C)C1(C)C. The van der Waals surface area contributed by atoms with Crippen LogP contribution in [0.5, 0.6) is 0 Å². The summed E-state index contributed by atoms with van der Waals surface area (Å²) in [5.74, 6) is 1.39. The van der Waals surface area contributed by atoms with Crippen LogP contribution in [-0.2, 0) is 0 Å². The Hall–Kier alpha value is -0.820. The first-order chi connectivity index (χ1) is 7.44. The Morgan fingerprint density at radius 2 is 1.88 bits per heavy atom. The lowest BCUT2D eigenvalue weighted by Crippen LogP contribution is -2.39. The van der Waals surface area contributed by atoms with Gasteiger partial charge in [-0.2, -0.15) is 0 Å². The van der Waals surface area contributed by atoms with Gasteiger partial charge in [0.1, 0.15) is 0 Å². The zero-order chi connectivity index (χ0) is 11.9. The Balaban J connectivity index is 2.44. The van der Waals surface area contributed by atoms with Gasteiger partial charge in [-0.3, -0.25) is 0 Å². The van der Waals surface area contributed by atoms with Crippen molar-refractivity contribution in [1.29, 1.82) is 0 Å². The summed E-state index contributed by atoms with van der Waals surface area (Å²) in [6, 6.07) is 8.84. The lowest BCUT2D eigenvalue weighted by molar-refractivity contribution is 0.201. The van der Waals surface area contributed by atoms with E-state index < -0.39 is 0 Å². The van der Waals surface area contributed by atoms with Gasteiger partial charge in [-0.1, -0.05) is 31.2 Å². The van der Waals surface area contributed by atoms with Crippen LogP contribution in [0.2, 0.25) is 0 Å². The number of likely N-dealkylation sites (N-methyl/N-ethyl adjacent to an activating group) is 1. The van der Waals surface area contributed by atoms with Crippen molar-refractivity contribution in [2.45, 2.75) is 39.2 Å². The molecule has 0 aliphatic carbocycles. The van der Waals surface area contributed by atoms with Gasteiger partial charge < -0.3 is 4.90 Å². The molecule has 2 rings (SSSR count). The molecule has 0 aromatic heterocycles. The molecule has 1 aromatic carbocycles. The third kappa shape index (κ3) is 1.67. The van der Waals surface area contributed by atoms with Gasteiger partial charge in [0.05, 0.1) is 0 Å². The molecular formula is C15H23N. The summed E-state index contributed by atoms with van der Waals surface area (Å²) in [6.45, 7) is 10.5. The predicted molar refractivity (Wildman–Crippen MR) is 69.8 cm³/mol. The van der Waals surface area contributed by atoms with Crippen molar-refractivity contribution in [3.05, 3.63) is 35.4 Å². The van der Waals surface area contributed by atoms with Crippen molar-refractivity contribution >= 4 is 0 Å². The second-order valence-electron chi connectivity index (χ2n) is 5.85. The minimum atomic E-state index is 0.269. The summed E-state index contributed by atoms with van der Waals surface area (Å²) in [6.07, 6.45) is 0. The van der Waals surface area contributed by atoms with Gasteiger partial charge in [-0.25, -0.2) is 0 Å². The number of benzene rings is 1. The monoisotopic (exact) mass is 217 g/mol. The molecule has 88 valence electrons. The highest BCUT2D eigenvalue weighted by Gasteiger charge is 2.44. The smallest absolute Gasteiger partial charge is 0.0221 e.